The first-order valence-corrected chi connectivity index (χ1v) is 7.88. The number of thiazole rings is 1. The molecule has 0 aliphatic carbocycles. The standard InChI is InChI=1S/C13H16N6O3S/c1-15-11(20)17-12-16-8-3-7-4-18(13(21)22-2)5-9(10(8)23-12)19(7)6-14/h7,9H,3-5H2,1-2H3,(H2,15,16,17,20). The fourth-order valence-corrected chi connectivity index (χ4v) is 4.05. The molecular weight excluding hydrogens is 320 g/mol. The zero-order valence-corrected chi connectivity index (χ0v) is 13.5. The number of fused-ring (bicyclic) bond motifs is 4. The molecule has 1 fully saturated rings. The number of carbonyl (C=O) groups excluding carboxylic acids is 2. The highest BCUT2D eigenvalue weighted by molar-refractivity contribution is 7.16. The third-order valence-corrected chi connectivity index (χ3v) is 5.12. The first-order chi connectivity index (χ1) is 11.1. The van der Waals surface area contributed by atoms with Crippen LogP contribution in [0.2, 0.25) is 0 Å². The van der Waals surface area contributed by atoms with E-state index < -0.39 is 6.09 Å². The van der Waals surface area contributed by atoms with Crippen molar-refractivity contribution in [2.75, 3.05) is 32.6 Å². The van der Waals surface area contributed by atoms with Crippen molar-refractivity contribution in [2.45, 2.75) is 18.5 Å². The lowest BCUT2D eigenvalue weighted by Gasteiger charge is -2.45. The van der Waals surface area contributed by atoms with Gasteiger partial charge in [0.25, 0.3) is 0 Å². The Morgan fingerprint density at radius 1 is 1.48 bits per heavy atom. The van der Waals surface area contributed by atoms with Crippen LogP contribution in [0.5, 0.6) is 0 Å². The van der Waals surface area contributed by atoms with Crippen LogP contribution in [0.25, 0.3) is 0 Å². The summed E-state index contributed by atoms with van der Waals surface area (Å²) in [7, 11) is 2.87. The number of nitriles is 1. The van der Waals surface area contributed by atoms with E-state index in [0.717, 1.165) is 10.6 Å². The first kappa shape index (κ1) is 15.4. The highest BCUT2D eigenvalue weighted by Crippen LogP contribution is 2.41. The van der Waals surface area contributed by atoms with Gasteiger partial charge in [0, 0.05) is 20.0 Å². The third-order valence-electron chi connectivity index (χ3n) is 4.01. The molecule has 3 rings (SSSR count). The molecule has 2 N–H and O–H groups in total. The number of carbonyl (C=O) groups is 2. The van der Waals surface area contributed by atoms with Crippen LogP contribution in [-0.2, 0) is 11.2 Å². The minimum absolute atomic E-state index is 0.125. The Hall–Kier alpha value is -2.54. The Morgan fingerprint density at radius 2 is 2.26 bits per heavy atom. The SMILES string of the molecule is CNC(=O)Nc1nc2c(s1)C1CN(C(=O)OC)CC(C2)N1C#N. The minimum Gasteiger partial charge on any atom is -0.453 e. The number of urea groups is 1. The first-order valence-electron chi connectivity index (χ1n) is 7.06. The Morgan fingerprint density at radius 3 is 2.91 bits per heavy atom. The lowest BCUT2D eigenvalue weighted by atomic mass is 9.94. The Bertz CT molecular complexity index is 684. The van der Waals surface area contributed by atoms with E-state index in [0.29, 0.717) is 24.6 Å². The predicted octanol–water partition coefficient (Wildman–Crippen LogP) is 0.725. The van der Waals surface area contributed by atoms with E-state index in [1.165, 1.54) is 25.5 Å². The molecule has 3 amide bonds. The molecule has 3 heterocycles. The number of rotatable bonds is 1. The number of nitrogens with zero attached hydrogens (tertiary/aromatic N) is 4. The number of nitrogens with one attached hydrogen (secondary N) is 2. The fraction of sp³-hybridized carbons (Fsp3) is 0.538. The number of methoxy groups -OCH3 is 1. The molecular formula is C13H16N6O3S. The fourth-order valence-electron chi connectivity index (χ4n) is 2.98. The molecule has 2 aliphatic rings. The molecule has 0 spiro atoms. The van der Waals surface area contributed by atoms with E-state index in [9.17, 15) is 14.9 Å². The van der Waals surface area contributed by atoms with Gasteiger partial charge in [-0.15, -0.1) is 0 Å². The van der Waals surface area contributed by atoms with E-state index in [-0.39, 0.29) is 18.1 Å². The molecule has 2 aliphatic heterocycles. The van der Waals surface area contributed by atoms with Crippen molar-refractivity contribution >= 4 is 28.6 Å². The average molecular weight is 336 g/mol. The molecule has 0 radical (unpaired) electrons. The van der Waals surface area contributed by atoms with Crippen molar-refractivity contribution in [3.8, 4) is 6.19 Å². The summed E-state index contributed by atoms with van der Waals surface area (Å²) in [5.41, 5.74) is 0.882. The molecule has 1 aromatic rings. The molecule has 0 aromatic carbocycles. The number of amides is 3. The van der Waals surface area contributed by atoms with E-state index >= 15 is 0 Å². The van der Waals surface area contributed by atoms with E-state index in [2.05, 4.69) is 21.8 Å². The van der Waals surface area contributed by atoms with Gasteiger partial charge in [-0.1, -0.05) is 11.3 Å². The van der Waals surface area contributed by atoms with Gasteiger partial charge in [-0.25, -0.2) is 14.6 Å². The summed E-state index contributed by atoms with van der Waals surface area (Å²) in [5.74, 6) is 0. The molecule has 122 valence electrons. The Kier molecular flexibility index (Phi) is 3.96. The van der Waals surface area contributed by atoms with Crippen LogP contribution in [0, 0.1) is 11.5 Å². The molecule has 9 nitrogen and oxygen atoms in total. The normalized spacial score (nSPS) is 22.0. The summed E-state index contributed by atoms with van der Waals surface area (Å²) in [6.45, 7) is 0.789. The van der Waals surface area contributed by atoms with Gasteiger partial charge in [-0.05, 0) is 0 Å². The number of hydrogen-bond acceptors (Lipinski definition) is 7. The van der Waals surface area contributed by atoms with Crippen molar-refractivity contribution < 1.29 is 14.3 Å². The molecule has 10 heteroatoms. The molecule has 23 heavy (non-hydrogen) atoms. The maximum absolute atomic E-state index is 11.8. The van der Waals surface area contributed by atoms with Crippen LogP contribution >= 0.6 is 11.3 Å². The highest BCUT2D eigenvalue weighted by Gasteiger charge is 2.43. The molecule has 1 saturated heterocycles. The van der Waals surface area contributed by atoms with Crippen molar-refractivity contribution in [1.82, 2.24) is 20.1 Å². The quantitative estimate of drug-likeness (QED) is 0.731. The smallest absolute Gasteiger partial charge is 0.409 e. The second-order valence-electron chi connectivity index (χ2n) is 5.29. The van der Waals surface area contributed by atoms with Crippen molar-refractivity contribution in [3.63, 3.8) is 0 Å². The van der Waals surface area contributed by atoms with Crippen LogP contribution in [0.4, 0.5) is 14.7 Å². The zero-order chi connectivity index (χ0) is 16.6. The molecule has 2 bridgehead atoms. The maximum Gasteiger partial charge on any atom is 0.409 e. The Labute approximate surface area is 136 Å². The molecule has 1 aromatic heterocycles. The van der Waals surface area contributed by atoms with E-state index in [4.69, 9.17) is 4.74 Å². The topological polar surface area (TPSA) is 111 Å². The lowest BCUT2D eigenvalue weighted by molar-refractivity contribution is 0.0465. The summed E-state index contributed by atoms with van der Waals surface area (Å²) in [4.78, 5) is 31.9. The van der Waals surface area contributed by atoms with Gasteiger partial charge in [-0.2, -0.15) is 5.26 Å². The van der Waals surface area contributed by atoms with Gasteiger partial charge in [0.1, 0.15) is 0 Å². The summed E-state index contributed by atoms with van der Waals surface area (Å²) in [6.07, 6.45) is 2.38. The summed E-state index contributed by atoms with van der Waals surface area (Å²) >= 11 is 1.33. The van der Waals surface area contributed by atoms with E-state index in [1.807, 2.05) is 0 Å². The minimum atomic E-state index is -0.394. The van der Waals surface area contributed by atoms with Crippen LogP contribution in [-0.4, -0.2) is 60.2 Å². The lowest BCUT2D eigenvalue weighted by Crippen LogP contribution is -2.57. The maximum atomic E-state index is 11.8. The van der Waals surface area contributed by atoms with Gasteiger partial charge in [-0.3, -0.25) is 10.2 Å². The van der Waals surface area contributed by atoms with Crippen LogP contribution < -0.4 is 10.6 Å². The van der Waals surface area contributed by atoms with Crippen molar-refractivity contribution in [2.24, 2.45) is 0 Å². The van der Waals surface area contributed by atoms with Gasteiger partial charge < -0.3 is 15.0 Å². The Balaban J connectivity index is 1.90. The molecule has 2 atom stereocenters. The van der Waals surface area contributed by atoms with Crippen LogP contribution in [0.3, 0.4) is 0 Å². The zero-order valence-electron chi connectivity index (χ0n) is 12.7. The number of hydrogen-bond donors (Lipinski definition) is 2. The van der Waals surface area contributed by atoms with Crippen molar-refractivity contribution in [3.05, 3.63) is 10.6 Å². The monoisotopic (exact) mass is 336 g/mol. The second kappa shape index (κ2) is 5.92. The molecule has 2 unspecified atom stereocenters. The van der Waals surface area contributed by atoms with Gasteiger partial charge in [0.05, 0.1) is 36.3 Å². The summed E-state index contributed by atoms with van der Waals surface area (Å²) < 4.78 is 4.79. The van der Waals surface area contributed by atoms with Crippen LogP contribution in [0.15, 0.2) is 0 Å². The number of piperazine rings is 1. The third kappa shape index (κ3) is 2.63. The number of ether oxygens (including phenoxy) is 1. The highest BCUT2D eigenvalue weighted by atomic mass is 32.1. The predicted molar refractivity (Wildman–Crippen MR) is 81.9 cm³/mol. The van der Waals surface area contributed by atoms with Crippen LogP contribution in [0.1, 0.15) is 16.6 Å². The largest absolute Gasteiger partial charge is 0.453 e. The van der Waals surface area contributed by atoms with Crippen molar-refractivity contribution in [1.29, 1.82) is 5.26 Å². The van der Waals surface area contributed by atoms with Gasteiger partial charge >= 0.3 is 12.1 Å². The van der Waals surface area contributed by atoms with Gasteiger partial charge in [0.2, 0.25) is 0 Å². The average Bonchev–Trinajstić information content (AvgIpc) is 2.94. The summed E-state index contributed by atoms with van der Waals surface area (Å²) in [5, 5.41) is 15.1. The second-order valence-corrected chi connectivity index (χ2v) is 6.32. The number of aromatic nitrogens is 1. The summed E-state index contributed by atoms with van der Waals surface area (Å²) in [6, 6.07) is -0.716. The number of anilines is 1. The van der Waals surface area contributed by atoms with Gasteiger partial charge in [0.15, 0.2) is 11.3 Å². The molecule has 0 saturated carbocycles. The van der Waals surface area contributed by atoms with E-state index in [1.54, 1.807) is 9.80 Å².